The van der Waals surface area contributed by atoms with Crippen LogP contribution in [-0.2, 0) is 20.8 Å². The Labute approximate surface area is 196 Å². The number of aliphatic hydroxyl groups excluding tert-OH is 1. The number of benzene rings is 3. The molecule has 0 saturated carbocycles. The minimum Gasteiger partial charge on any atom is -0.507 e. The third-order valence-electron chi connectivity index (χ3n) is 5.55. The zero-order chi connectivity index (χ0) is 24.2. The van der Waals surface area contributed by atoms with E-state index in [1.54, 1.807) is 72.8 Å². The molecule has 1 unspecified atom stereocenters. The van der Waals surface area contributed by atoms with Gasteiger partial charge >= 0.3 is 5.97 Å². The van der Waals surface area contributed by atoms with E-state index in [4.69, 9.17) is 9.84 Å². The van der Waals surface area contributed by atoms with Gasteiger partial charge in [0.2, 0.25) is 0 Å². The summed E-state index contributed by atoms with van der Waals surface area (Å²) >= 11 is 0. The molecule has 7 heteroatoms. The van der Waals surface area contributed by atoms with Crippen LogP contribution in [0.15, 0.2) is 84.4 Å². The number of Topliss-reactive ketones (excluding diaryl/α,β-unsaturated/α-hetero) is 1. The van der Waals surface area contributed by atoms with Gasteiger partial charge in [-0.05, 0) is 42.3 Å². The lowest BCUT2D eigenvalue weighted by molar-refractivity contribution is -0.136. The van der Waals surface area contributed by atoms with Crippen LogP contribution in [0.1, 0.15) is 29.7 Å². The fourth-order valence-corrected chi connectivity index (χ4v) is 4.05. The lowest BCUT2D eigenvalue weighted by Gasteiger charge is -2.25. The van der Waals surface area contributed by atoms with Crippen molar-refractivity contribution in [2.75, 3.05) is 11.5 Å². The van der Waals surface area contributed by atoms with Gasteiger partial charge in [0.05, 0.1) is 24.6 Å². The molecule has 1 amide bonds. The summed E-state index contributed by atoms with van der Waals surface area (Å²) < 4.78 is 5.51. The Hall–Kier alpha value is -4.39. The highest BCUT2D eigenvalue weighted by molar-refractivity contribution is 6.51. The molecule has 1 saturated heterocycles. The number of carboxylic acid groups (broad SMARTS) is 1. The predicted octanol–water partition coefficient (Wildman–Crippen LogP) is 4.34. The topological polar surface area (TPSA) is 104 Å². The average molecular weight is 457 g/mol. The van der Waals surface area contributed by atoms with Crippen molar-refractivity contribution < 1.29 is 29.3 Å². The van der Waals surface area contributed by atoms with Crippen molar-refractivity contribution in [3.8, 4) is 5.75 Å². The number of ketones is 1. The van der Waals surface area contributed by atoms with E-state index < -0.39 is 23.7 Å². The second-order valence-electron chi connectivity index (χ2n) is 7.78. The molecule has 0 radical (unpaired) electrons. The average Bonchev–Trinajstić information content (AvgIpc) is 3.10. The van der Waals surface area contributed by atoms with Crippen molar-refractivity contribution in [1.29, 1.82) is 0 Å². The molecule has 1 aliphatic heterocycles. The number of carbonyl (C=O) groups is 3. The number of aliphatic hydroxyl groups is 1. The third-order valence-corrected chi connectivity index (χ3v) is 5.55. The summed E-state index contributed by atoms with van der Waals surface area (Å²) in [4.78, 5) is 38.7. The standard InChI is InChI=1S/C27H23NO6/c1-2-34-21-10-6-9-19(16-21)25(31)23-24(18-7-4-3-5-8-18)28(27(33)26(23)32)20-13-11-17(12-14-20)15-22(29)30/h3-14,16,24,31H,2,15H2,1H3,(H,29,30)/b25-23-. The molecule has 3 aromatic carbocycles. The first-order valence-corrected chi connectivity index (χ1v) is 10.8. The van der Waals surface area contributed by atoms with E-state index in [1.807, 2.05) is 13.0 Å². The highest BCUT2D eigenvalue weighted by Crippen LogP contribution is 2.42. The number of anilines is 1. The van der Waals surface area contributed by atoms with Gasteiger partial charge in [-0.15, -0.1) is 0 Å². The van der Waals surface area contributed by atoms with Crippen LogP contribution in [-0.4, -0.2) is 34.5 Å². The van der Waals surface area contributed by atoms with Gasteiger partial charge in [-0.2, -0.15) is 0 Å². The van der Waals surface area contributed by atoms with Crippen LogP contribution < -0.4 is 9.64 Å². The van der Waals surface area contributed by atoms with Crippen LogP contribution in [0.4, 0.5) is 5.69 Å². The van der Waals surface area contributed by atoms with Crippen molar-refractivity contribution in [3.05, 3.63) is 101 Å². The maximum Gasteiger partial charge on any atom is 0.307 e. The molecule has 1 fully saturated rings. The van der Waals surface area contributed by atoms with Gasteiger partial charge in [0, 0.05) is 11.3 Å². The van der Waals surface area contributed by atoms with Gasteiger partial charge in [0.1, 0.15) is 11.5 Å². The maximum absolute atomic E-state index is 13.2. The summed E-state index contributed by atoms with van der Waals surface area (Å²) in [5.74, 6) is -2.30. The Balaban J connectivity index is 1.85. The van der Waals surface area contributed by atoms with Crippen molar-refractivity contribution in [2.45, 2.75) is 19.4 Å². The maximum atomic E-state index is 13.2. The van der Waals surface area contributed by atoms with E-state index >= 15 is 0 Å². The molecular formula is C27H23NO6. The second kappa shape index (κ2) is 9.62. The summed E-state index contributed by atoms with van der Waals surface area (Å²) in [5, 5.41) is 20.2. The van der Waals surface area contributed by atoms with Crippen molar-refractivity contribution in [2.24, 2.45) is 0 Å². The normalized spacial score (nSPS) is 17.1. The minimum atomic E-state index is -0.966. The van der Waals surface area contributed by atoms with Gasteiger partial charge in [0.25, 0.3) is 11.7 Å². The number of rotatable bonds is 7. The Bertz CT molecular complexity index is 1260. The molecule has 1 aliphatic rings. The molecule has 1 heterocycles. The quantitative estimate of drug-likeness (QED) is 0.311. The summed E-state index contributed by atoms with van der Waals surface area (Å²) in [6, 6.07) is 21.3. The minimum absolute atomic E-state index is 0.0283. The van der Waals surface area contributed by atoms with Gasteiger partial charge in [-0.3, -0.25) is 19.3 Å². The van der Waals surface area contributed by atoms with E-state index in [2.05, 4.69) is 0 Å². The molecule has 0 aliphatic carbocycles. The largest absolute Gasteiger partial charge is 0.507 e. The fourth-order valence-electron chi connectivity index (χ4n) is 4.05. The van der Waals surface area contributed by atoms with Crippen LogP contribution in [0.3, 0.4) is 0 Å². The number of aliphatic carboxylic acids is 1. The summed E-state index contributed by atoms with van der Waals surface area (Å²) in [6.07, 6.45) is -0.155. The van der Waals surface area contributed by atoms with Crippen LogP contribution in [0.25, 0.3) is 5.76 Å². The van der Waals surface area contributed by atoms with Crippen molar-refractivity contribution >= 4 is 29.1 Å². The first kappa shape index (κ1) is 22.8. The van der Waals surface area contributed by atoms with Gasteiger partial charge in [-0.25, -0.2) is 0 Å². The molecule has 4 rings (SSSR count). The zero-order valence-corrected chi connectivity index (χ0v) is 18.5. The molecular weight excluding hydrogens is 434 g/mol. The van der Waals surface area contributed by atoms with Crippen LogP contribution >= 0.6 is 0 Å². The number of carboxylic acids is 1. The monoisotopic (exact) mass is 457 g/mol. The van der Waals surface area contributed by atoms with Crippen LogP contribution in [0.5, 0.6) is 5.75 Å². The lowest BCUT2D eigenvalue weighted by atomic mass is 9.95. The number of ether oxygens (including phenoxy) is 1. The van der Waals surface area contributed by atoms with Crippen molar-refractivity contribution in [1.82, 2.24) is 0 Å². The van der Waals surface area contributed by atoms with E-state index in [9.17, 15) is 19.5 Å². The second-order valence-corrected chi connectivity index (χ2v) is 7.78. The molecule has 0 bridgehead atoms. The molecule has 0 aromatic heterocycles. The van der Waals surface area contributed by atoms with Crippen LogP contribution in [0, 0.1) is 0 Å². The smallest absolute Gasteiger partial charge is 0.307 e. The number of nitrogens with zero attached hydrogens (tertiary/aromatic N) is 1. The Morgan fingerprint density at radius 2 is 1.65 bits per heavy atom. The molecule has 3 aromatic rings. The fraction of sp³-hybridized carbons (Fsp3) is 0.148. The van der Waals surface area contributed by atoms with Crippen molar-refractivity contribution in [3.63, 3.8) is 0 Å². The molecule has 7 nitrogen and oxygen atoms in total. The molecule has 2 N–H and O–H groups in total. The van der Waals surface area contributed by atoms with Gasteiger partial charge < -0.3 is 14.9 Å². The number of hydrogen-bond acceptors (Lipinski definition) is 5. The lowest BCUT2D eigenvalue weighted by Crippen LogP contribution is -2.29. The number of carbonyl (C=O) groups excluding carboxylic acids is 2. The van der Waals surface area contributed by atoms with E-state index in [0.29, 0.717) is 34.7 Å². The SMILES string of the molecule is CCOc1cccc(/C(O)=C2/C(=O)C(=O)N(c3ccc(CC(=O)O)cc3)C2c2ccccc2)c1. The summed E-state index contributed by atoms with van der Waals surface area (Å²) in [6.45, 7) is 2.28. The Morgan fingerprint density at radius 3 is 2.29 bits per heavy atom. The molecule has 0 spiro atoms. The number of hydrogen-bond donors (Lipinski definition) is 2. The Morgan fingerprint density at radius 1 is 0.941 bits per heavy atom. The predicted molar refractivity (Wildman–Crippen MR) is 127 cm³/mol. The highest BCUT2D eigenvalue weighted by atomic mass is 16.5. The zero-order valence-electron chi connectivity index (χ0n) is 18.5. The highest BCUT2D eigenvalue weighted by Gasteiger charge is 2.46. The van der Waals surface area contributed by atoms with E-state index in [1.165, 1.54) is 4.90 Å². The van der Waals surface area contributed by atoms with E-state index in [0.717, 1.165) is 0 Å². The number of amides is 1. The van der Waals surface area contributed by atoms with E-state index in [-0.39, 0.29) is 17.8 Å². The molecule has 1 atom stereocenters. The Kier molecular flexibility index (Phi) is 6.45. The van der Waals surface area contributed by atoms with Gasteiger partial charge in [0.15, 0.2) is 0 Å². The summed E-state index contributed by atoms with van der Waals surface area (Å²) in [5.41, 5.74) is 1.98. The van der Waals surface area contributed by atoms with Gasteiger partial charge in [-0.1, -0.05) is 54.6 Å². The first-order valence-electron chi connectivity index (χ1n) is 10.8. The third kappa shape index (κ3) is 4.41. The molecule has 172 valence electrons. The summed E-state index contributed by atoms with van der Waals surface area (Å²) in [7, 11) is 0. The van der Waals surface area contributed by atoms with Crippen LogP contribution in [0.2, 0.25) is 0 Å². The molecule has 34 heavy (non-hydrogen) atoms. The first-order chi connectivity index (χ1) is 16.4.